The molecule has 0 radical (unpaired) electrons. The van der Waals surface area contributed by atoms with E-state index >= 15 is 0 Å². The Morgan fingerprint density at radius 3 is 2.00 bits per heavy atom. The predicted molar refractivity (Wildman–Crippen MR) is 73.2 cm³/mol. The first-order chi connectivity index (χ1) is 8.37. The Bertz CT molecular complexity index is 470. The summed E-state index contributed by atoms with van der Waals surface area (Å²) in [6, 6.07) is 2.23. The minimum absolute atomic E-state index is 0.0726. The van der Waals surface area contributed by atoms with E-state index in [-0.39, 0.29) is 11.2 Å². The van der Waals surface area contributed by atoms with Gasteiger partial charge in [0, 0.05) is 11.8 Å². The molecule has 2 heteroatoms. The molecule has 0 amide bonds. The van der Waals surface area contributed by atoms with E-state index in [2.05, 4.69) is 33.8 Å². The van der Waals surface area contributed by atoms with Gasteiger partial charge in [0.15, 0.2) is 0 Å². The van der Waals surface area contributed by atoms with E-state index in [1.807, 2.05) is 0 Å². The van der Waals surface area contributed by atoms with Crippen molar-refractivity contribution in [3.63, 3.8) is 0 Å². The summed E-state index contributed by atoms with van der Waals surface area (Å²) in [5.41, 5.74) is 6.54. The second kappa shape index (κ2) is 4.51. The molecule has 1 aliphatic rings. The van der Waals surface area contributed by atoms with Crippen molar-refractivity contribution < 1.29 is 9.53 Å². The third-order valence-corrected chi connectivity index (χ3v) is 4.24. The van der Waals surface area contributed by atoms with E-state index in [9.17, 15) is 4.79 Å². The average Bonchev–Trinajstić information content (AvgIpc) is 2.22. The number of aryl methyl sites for hydroxylation is 2. The van der Waals surface area contributed by atoms with E-state index in [4.69, 9.17) is 4.74 Å². The molecule has 1 saturated heterocycles. The molecule has 0 N–H and O–H groups in total. The quantitative estimate of drug-likeness (QED) is 0.819. The van der Waals surface area contributed by atoms with Crippen LogP contribution in [-0.4, -0.2) is 19.0 Å². The highest BCUT2D eigenvalue weighted by molar-refractivity contribution is 5.78. The van der Waals surface area contributed by atoms with Crippen LogP contribution in [0.4, 0.5) is 0 Å². The molecule has 98 valence electrons. The SMILES string of the molecule is CC(=O)CC1(c2c(C)c(C)cc(C)c2C)COC1. The molecule has 0 bridgehead atoms. The van der Waals surface area contributed by atoms with Crippen molar-refractivity contribution in [3.05, 3.63) is 33.9 Å². The minimum atomic E-state index is -0.0726. The third-order valence-electron chi connectivity index (χ3n) is 4.24. The number of rotatable bonds is 3. The highest BCUT2D eigenvalue weighted by atomic mass is 16.5. The van der Waals surface area contributed by atoms with E-state index in [0.29, 0.717) is 19.6 Å². The lowest BCUT2D eigenvalue weighted by Crippen LogP contribution is -2.49. The van der Waals surface area contributed by atoms with E-state index < -0.39 is 0 Å². The number of carbonyl (C=O) groups is 1. The topological polar surface area (TPSA) is 26.3 Å². The molecule has 2 nitrogen and oxygen atoms in total. The summed E-state index contributed by atoms with van der Waals surface area (Å²) in [5.74, 6) is 0.247. The Hall–Kier alpha value is -1.15. The van der Waals surface area contributed by atoms with Crippen LogP contribution in [-0.2, 0) is 14.9 Å². The zero-order valence-electron chi connectivity index (χ0n) is 12.0. The number of hydrogen-bond donors (Lipinski definition) is 0. The third kappa shape index (κ3) is 1.99. The van der Waals surface area contributed by atoms with Gasteiger partial charge >= 0.3 is 0 Å². The van der Waals surface area contributed by atoms with Gasteiger partial charge in [-0.15, -0.1) is 0 Å². The molecule has 0 atom stereocenters. The lowest BCUT2D eigenvalue weighted by Gasteiger charge is -2.44. The first kappa shape index (κ1) is 13.3. The summed E-state index contributed by atoms with van der Waals surface area (Å²) in [5, 5.41) is 0. The molecule has 1 fully saturated rings. The van der Waals surface area contributed by atoms with Crippen molar-refractivity contribution in [2.24, 2.45) is 0 Å². The van der Waals surface area contributed by atoms with Crippen LogP contribution in [0.15, 0.2) is 6.07 Å². The molecule has 18 heavy (non-hydrogen) atoms. The number of ketones is 1. The van der Waals surface area contributed by atoms with Gasteiger partial charge in [-0.05, 0) is 62.4 Å². The van der Waals surface area contributed by atoms with Gasteiger partial charge in [-0.25, -0.2) is 0 Å². The van der Waals surface area contributed by atoms with Crippen LogP contribution in [0.3, 0.4) is 0 Å². The summed E-state index contributed by atoms with van der Waals surface area (Å²) in [4.78, 5) is 11.6. The van der Waals surface area contributed by atoms with E-state index in [1.165, 1.54) is 27.8 Å². The normalized spacial score (nSPS) is 17.4. The summed E-state index contributed by atoms with van der Waals surface area (Å²) in [7, 11) is 0. The van der Waals surface area contributed by atoms with Crippen LogP contribution in [0, 0.1) is 27.7 Å². The van der Waals surface area contributed by atoms with E-state index in [0.717, 1.165) is 0 Å². The number of ether oxygens (including phenoxy) is 1. The second-order valence-corrected chi connectivity index (χ2v) is 5.79. The van der Waals surface area contributed by atoms with Crippen LogP contribution in [0.1, 0.15) is 41.2 Å². The van der Waals surface area contributed by atoms with Crippen molar-refractivity contribution in [2.75, 3.05) is 13.2 Å². The van der Waals surface area contributed by atoms with Gasteiger partial charge in [0.05, 0.1) is 13.2 Å². The molecule has 1 aromatic carbocycles. The Morgan fingerprint density at radius 2 is 1.67 bits per heavy atom. The number of Topliss-reactive ketones (excluding diaryl/α,β-unsaturated/α-hetero) is 1. The van der Waals surface area contributed by atoms with Gasteiger partial charge in [-0.3, -0.25) is 4.79 Å². The van der Waals surface area contributed by atoms with Crippen molar-refractivity contribution >= 4 is 5.78 Å². The van der Waals surface area contributed by atoms with Gasteiger partial charge in [0.1, 0.15) is 5.78 Å². The average molecular weight is 246 g/mol. The lowest BCUT2D eigenvalue weighted by atomic mass is 9.70. The first-order valence-corrected chi connectivity index (χ1v) is 6.52. The Balaban J connectivity index is 2.58. The fraction of sp³-hybridized carbons (Fsp3) is 0.562. The second-order valence-electron chi connectivity index (χ2n) is 5.79. The maximum absolute atomic E-state index is 11.6. The van der Waals surface area contributed by atoms with Gasteiger partial charge < -0.3 is 4.74 Å². The van der Waals surface area contributed by atoms with Crippen molar-refractivity contribution in [3.8, 4) is 0 Å². The lowest BCUT2D eigenvalue weighted by molar-refractivity contribution is -0.125. The monoisotopic (exact) mass is 246 g/mol. The molecule has 2 rings (SSSR count). The van der Waals surface area contributed by atoms with Crippen LogP contribution in [0.2, 0.25) is 0 Å². The molecule has 0 unspecified atom stereocenters. The van der Waals surface area contributed by atoms with Crippen LogP contribution < -0.4 is 0 Å². The molecule has 1 heterocycles. The number of carbonyl (C=O) groups excluding carboxylic acids is 1. The molecular formula is C16H22O2. The Labute approximate surface area is 109 Å². The molecule has 0 saturated carbocycles. The van der Waals surface area contributed by atoms with Crippen LogP contribution >= 0.6 is 0 Å². The molecule has 0 aliphatic carbocycles. The maximum atomic E-state index is 11.6. The van der Waals surface area contributed by atoms with E-state index in [1.54, 1.807) is 6.92 Å². The first-order valence-electron chi connectivity index (χ1n) is 6.52. The predicted octanol–water partition coefficient (Wildman–Crippen LogP) is 3.17. The standard InChI is InChI=1S/C16H22O2/c1-10-6-11(2)14(5)15(13(10)4)16(7-12(3)17)8-18-9-16/h6H,7-9H2,1-5H3. The van der Waals surface area contributed by atoms with Crippen molar-refractivity contribution in [2.45, 2.75) is 46.5 Å². The van der Waals surface area contributed by atoms with Crippen LogP contribution in [0.5, 0.6) is 0 Å². The molecule has 0 spiro atoms. The highest BCUT2D eigenvalue weighted by Gasteiger charge is 2.43. The zero-order valence-corrected chi connectivity index (χ0v) is 12.0. The largest absolute Gasteiger partial charge is 0.379 e. The highest BCUT2D eigenvalue weighted by Crippen LogP contribution is 2.41. The fourth-order valence-electron chi connectivity index (χ4n) is 3.17. The van der Waals surface area contributed by atoms with Crippen LogP contribution in [0.25, 0.3) is 0 Å². The zero-order chi connectivity index (χ0) is 13.5. The van der Waals surface area contributed by atoms with Gasteiger partial charge in [0.25, 0.3) is 0 Å². The minimum Gasteiger partial charge on any atom is -0.379 e. The van der Waals surface area contributed by atoms with Gasteiger partial charge in [-0.2, -0.15) is 0 Å². The van der Waals surface area contributed by atoms with Gasteiger partial charge in [0.2, 0.25) is 0 Å². The van der Waals surface area contributed by atoms with Crippen molar-refractivity contribution in [1.82, 2.24) is 0 Å². The smallest absolute Gasteiger partial charge is 0.130 e. The number of hydrogen-bond acceptors (Lipinski definition) is 2. The summed E-state index contributed by atoms with van der Waals surface area (Å²) >= 11 is 0. The summed E-state index contributed by atoms with van der Waals surface area (Å²) in [6.07, 6.45) is 0.595. The molecule has 0 aromatic heterocycles. The molecular weight excluding hydrogens is 224 g/mol. The Morgan fingerprint density at radius 1 is 1.17 bits per heavy atom. The number of benzene rings is 1. The Kier molecular flexibility index (Phi) is 3.33. The maximum Gasteiger partial charge on any atom is 0.130 e. The summed E-state index contributed by atoms with van der Waals surface area (Å²) < 4.78 is 5.43. The molecule has 1 aromatic rings. The van der Waals surface area contributed by atoms with Gasteiger partial charge in [-0.1, -0.05) is 6.07 Å². The summed E-state index contributed by atoms with van der Waals surface area (Å²) in [6.45, 7) is 11.6. The fourth-order valence-corrected chi connectivity index (χ4v) is 3.17. The van der Waals surface area contributed by atoms with Crippen molar-refractivity contribution in [1.29, 1.82) is 0 Å². The molecule has 1 aliphatic heterocycles.